The lowest BCUT2D eigenvalue weighted by atomic mass is 10.2. The van der Waals surface area contributed by atoms with E-state index in [1.807, 2.05) is 35.0 Å². The topological polar surface area (TPSA) is 32.8 Å². The van der Waals surface area contributed by atoms with Crippen molar-refractivity contribution in [3.05, 3.63) is 59.6 Å². The molecule has 0 saturated carbocycles. The molecule has 2 atom stereocenters. The number of rotatable bonds is 3. The predicted octanol–water partition coefficient (Wildman–Crippen LogP) is 4.81. The summed E-state index contributed by atoms with van der Waals surface area (Å²) in [6.45, 7) is 1.56. The lowest BCUT2D eigenvalue weighted by molar-refractivity contribution is 0.374. The van der Waals surface area contributed by atoms with E-state index in [1.165, 1.54) is 0 Å². The molecule has 0 spiro atoms. The SMILES string of the molecule is O=[P@]1(Oc2ccc(Cl)cc2)N(c2ccccc2)C[C@@H]2CCCN21. The number of hydrogen-bond donors (Lipinski definition) is 0. The van der Waals surface area contributed by atoms with Gasteiger partial charge in [-0.1, -0.05) is 29.8 Å². The third-order valence-electron chi connectivity index (χ3n) is 4.45. The van der Waals surface area contributed by atoms with Crippen molar-refractivity contribution in [2.75, 3.05) is 17.8 Å². The van der Waals surface area contributed by atoms with Crippen LogP contribution < -0.4 is 9.19 Å². The van der Waals surface area contributed by atoms with Gasteiger partial charge >= 0.3 is 7.67 Å². The molecule has 2 fully saturated rings. The summed E-state index contributed by atoms with van der Waals surface area (Å²) < 4.78 is 23.8. The second-order valence-electron chi connectivity index (χ2n) is 5.91. The fraction of sp³-hybridized carbons (Fsp3) is 0.294. The summed E-state index contributed by atoms with van der Waals surface area (Å²) in [6.07, 6.45) is 2.14. The van der Waals surface area contributed by atoms with Crippen molar-refractivity contribution in [2.24, 2.45) is 0 Å². The highest BCUT2D eigenvalue weighted by Gasteiger charge is 2.53. The minimum Gasteiger partial charge on any atom is -0.418 e. The fourth-order valence-corrected chi connectivity index (χ4v) is 6.18. The maximum absolute atomic E-state index is 13.8. The molecule has 0 N–H and O–H groups in total. The van der Waals surface area contributed by atoms with Crippen molar-refractivity contribution in [3.63, 3.8) is 0 Å². The second-order valence-corrected chi connectivity index (χ2v) is 8.51. The van der Waals surface area contributed by atoms with E-state index in [9.17, 15) is 4.57 Å². The molecule has 2 aliphatic heterocycles. The zero-order valence-corrected chi connectivity index (χ0v) is 14.3. The number of hydrogen-bond acceptors (Lipinski definition) is 2. The van der Waals surface area contributed by atoms with Gasteiger partial charge in [0.25, 0.3) is 0 Å². The molecule has 2 heterocycles. The predicted molar refractivity (Wildman–Crippen MR) is 93.2 cm³/mol. The molecular formula is C17H18ClN2O2P. The molecule has 2 aliphatic rings. The largest absolute Gasteiger partial charge is 0.422 e. The maximum Gasteiger partial charge on any atom is 0.422 e. The van der Waals surface area contributed by atoms with Crippen LogP contribution in [-0.2, 0) is 4.57 Å². The highest BCUT2D eigenvalue weighted by atomic mass is 35.5. The molecule has 0 radical (unpaired) electrons. The molecule has 0 aliphatic carbocycles. The summed E-state index contributed by atoms with van der Waals surface area (Å²) in [4.78, 5) is 0. The van der Waals surface area contributed by atoms with Crippen LogP contribution in [0.25, 0.3) is 0 Å². The minimum atomic E-state index is -3.12. The minimum absolute atomic E-state index is 0.299. The van der Waals surface area contributed by atoms with Crippen molar-refractivity contribution in [1.82, 2.24) is 4.67 Å². The van der Waals surface area contributed by atoms with Gasteiger partial charge in [-0.25, -0.2) is 4.57 Å². The molecule has 0 unspecified atom stereocenters. The summed E-state index contributed by atoms with van der Waals surface area (Å²) in [5, 5.41) is 0.640. The standard InChI is InChI=1S/C17H18ClN2O2P/c18-14-8-10-17(11-9-14)22-23(21)19-12-4-7-16(19)13-20(23)15-5-2-1-3-6-15/h1-3,5-6,8-11,16H,4,7,12-13H2/t16-,23+/m0/s1. The number of benzene rings is 2. The first-order valence-electron chi connectivity index (χ1n) is 7.82. The van der Waals surface area contributed by atoms with Crippen molar-refractivity contribution < 1.29 is 9.09 Å². The Morgan fingerprint density at radius 1 is 1.09 bits per heavy atom. The number of halogens is 1. The Bertz CT molecular complexity index is 738. The van der Waals surface area contributed by atoms with Crippen molar-refractivity contribution >= 4 is 25.0 Å². The third kappa shape index (κ3) is 2.65. The van der Waals surface area contributed by atoms with E-state index in [4.69, 9.17) is 16.1 Å². The Morgan fingerprint density at radius 2 is 1.83 bits per heavy atom. The van der Waals surface area contributed by atoms with Crippen LogP contribution in [-0.4, -0.2) is 23.8 Å². The monoisotopic (exact) mass is 348 g/mol. The van der Waals surface area contributed by atoms with E-state index in [1.54, 1.807) is 24.3 Å². The van der Waals surface area contributed by atoms with E-state index < -0.39 is 7.67 Å². The van der Waals surface area contributed by atoms with E-state index in [0.29, 0.717) is 16.8 Å². The van der Waals surface area contributed by atoms with Gasteiger partial charge in [-0.05, 0) is 49.2 Å². The average Bonchev–Trinajstić information content (AvgIpc) is 3.13. The first-order valence-corrected chi connectivity index (χ1v) is 9.73. The van der Waals surface area contributed by atoms with Crippen molar-refractivity contribution in [2.45, 2.75) is 18.9 Å². The molecule has 23 heavy (non-hydrogen) atoms. The van der Waals surface area contributed by atoms with Gasteiger partial charge in [-0.15, -0.1) is 0 Å². The first-order chi connectivity index (χ1) is 11.2. The van der Waals surface area contributed by atoms with E-state index in [0.717, 1.165) is 31.6 Å². The molecule has 120 valence electrons. The highest BCUT2D eigenvalue weighted by molar-refractivity contribution is 7.59. The van der Waals surface area contributed by atoms with Crippen LogP contribution in [0.2, 0.25) is 5.02 Å². The van der Waals surface area contributed by atoms with Crippen LogP contribution >= 0.6 is 19.3 Å². The highest BCUT2D eigenvalue weighted by Crippen LogP contribution is 2.62. The lowest BCUT2D eigenvalue weighted by Gasteiger charge is -2.30. The first kappa shape index (κ1) is 15.1. The van der Waals surface area contributed by atoms with Crippen LogP contribution in [0.5, 0.6) is 5.75 Å². The molecular weight excluding hydrogens is 331 g/mol. The zero-order chi connectivity index (χ0) is 15.9. The van der Waals surface area contributed by atoms with Crippen LogP contribution in [0, 0.1) is 0 Å². The van der Waals surface area contributed by atoms with E-state index >= 15 is 0 Å². The molecule has 4 nitrogen and oxygen atoms in total. The number of fused-ring (bicyclic) bond motifs is 1. The van der Waals surface area contributed by atoms with Crippen molar-refractivity contribution in [3.8, 4) is 5.75 Å². The number of para-hydroxylation sites is 1. The normalized spacial score (nSPS) is 27.2. The molecule has 2 aromatic carbocycles. The van der Waals surface area contributed by atoms with E-state index in [2.05, 4.69) is 4.67 Å². The number of anilines is 1. The van der Waals surface area contributed by atoms with Gasteiger partial charge in [0.1, 0.15) is 5.75 Å². The van der Waals surface area contributed by atoms with Crippen LogP contribution in [0.15, 0.2) is 54.6 Å². The van der Waals surface area contributed by atoms with Crippen LogP contribution in [0.1, 0.15) is 12.8 Å². The van der Waals surface area contributed by atoms with Gasteiger partial charge in [0, 0.05) is 29.8 Å². The third-order valence-corrected chi connectivity index (χ3v) is 7.33. The van der Waals surface area contributed by atoms with Gasteiger partial charge in [0.15, 0.2) is 0 Å². The Balaban J connectivity index is 1.71. The summed E-state index contributed by atoms with van der Waals surface area (Å²) in [6, 6.07) is 17.2. The Kier molecular flexibility index (Phi) is 3.84. The smallest absolute Gasteiger partial charge is 0.418 e. The van der Waals surface area contributed by atoms with Gasteiger partial charge < -0.3 is 4.52 Å². The molecule has 4 rings (SSSR count). The maximum atomic E-state index is 13.8. The second kappa shape index (κ2) is 5.86. The van der Waals surface area contributed by atoms with Gasteiger partial charge in [0.2, 0.25) is 0 Å². The quantitative estimate of drug-likeness (QED) is 0.745. The molecule has 0 amide bonds. The average molecular weight is 349 g/mol. The summed E-state index contributed by atoms with van der Waals surface area (Å²) >= 11 is 5.93. The Labute approximate surface area is 141 Å². The Hall–Kier alpha value is -1.48. The lowest BCUT2D eigenvalue weighted by Crippen LogP contribution is -2.23. The fourth-order valence-electron chi connectivity index (χ4n) is 3.37. The summed E-state index contributed by atoms with van der Waals surface area (Å²) in [7, 11) is -3.12. The molecule has 0 aromatic heterocycles. The number of nitrogens with zero attached hydrogens (tertiary/aromatic N) is 2. The van der Waals surface area contributed by atoms with Crippen LogP contribution in [0.4, 0.5) is 5.69 Å². The molecule has 6 heteroatoms. The van der Waals surface area contributed by atoms with Crippen LogP contribution in [0.3, 0.4) is 0 Å². The summed E-state index contributed by atoms with van der Waals surface area (Å²) in [5.74, 6) is 0.589. The van der Waals surface area contributed by atoms with Crippen molar-refractivity contribution in [1.29, 1.82) is 0 Å². The van der Waals surface area contributed by atoms with Gasteiger partial charge in [0.05, 0.1) is 0 Å². The molecule has 0 bridgehead atoms. The van der Waals surface area contributed by atoms with Gasteiger partial charge in [-0.3, -0.25) is 4.67 Å². The summed E-state index contributed by atoms with van der Waals surface area (Å²) in [5.41, 5.74) is 0.944. The van der Waals surface area contributed by atoms with E-state index in [-0.39, 0.29) is 0 Å². The Morgan fingerprint density at radius 3 is 2.57 bits per heavy atom. The van der Waals surface area contributed by atoms with Gasteiger partial charge in [-0.2, -0.15) is 4.67 Å². The zero-order valence-electron chi connectivity index (χ0n) is 12.6. The molecule has 2 saturated heterocycles. The molecule has 2 aromatic rings.